The van der Waals surface area contributed by atoms with E-state index < -0.39 is 5.67 Å². The highest BCUT2D eigenvalue weighted by Gasteiger charge is 2.40. The number of amides is 1. The van der Waals surface area contributed by atoms with Gasteiger partial charge in [-0.3, -0.25) is 14.4 Å². The minimum Gasteiger partial charge on any atom is -0.384 e. The van der Waals surface area contributed by atoms with E-state index in [0.29, 0.717) is 44.7 Å². The summed E-state index contributed by atoms with van der Waals surface area (Å²) >= 11 is 0. The van der Waals surface area contributed by atoms with Crippen molar-refractivity contribution in [3.63, 3.8) is 0 Å². The van der Waals surface area contributed by atoms with E-state index in [1.54, 1.807) is 21.1 Å². The van der Waals surface area contributed by atoms with E-state index in [1.807, 2.05) is 11.9 Å². The highest BCUT2D eigenvalue weighted by atomic mass is 19.1. The molecule has 0 bridgehead atoms. The van der Waals surface area contributed by atoms with Crippen LogP contribution in [-0.4, -0.2) is 92.3 Å². The first-order valence-electron chi connectivity index (χ1n) is 14.6. The summed E-state index contributed by atoms with van der Waals surface area (Å²) in [5, 5.41) is 8.37. The quantitative estimate of drug-likeness (QED) is 0.466. The van der Waals surface area contributed by atoms with Gasteiger partial charge in [0, 0.05) is 57.3 Å². The number of likely N-dealkylation sites (N-methyl/N-ethyl adjacent to an activating group) is 2. The number of rotatable bonds is 11. The third kappa shape index (κ3) is 6.77. The summed E-state index contributed by atoms with van der Waals surface area (Å²) in [6.07, 6.45) is 6.54. The lowest BCUT2D eigenvalue weighted by Crippen LogP contribution is -2.44. The molecule has 1 aromatic heterocycles. The maximum absolute atomic E-state index is 14.4. The lowest BCUT2D eigenvalue weighted by Gasteiger charge is -2.40. The smallest absolute Gasteiger partial charge is 0.226 e. The molecule has 0 spiro atoms. The number of carbonyl (C=O) groups is 1. The second-order valence-corrected chi connectivity index (χ2v) is 12.5. The second-order valence-electron chi connectivity index (χ2n) is 12.5. The van der Waals surface area contributed by atoms with Gasteiger partial charge in [0.1, 0.15) is 5.67 Å². The van der Waals surface area contributed by atoms with Gasteiger partial charge in [-0.05, 0) is 78.3 Å². The molecule has 1 aliphatic heterocycles. The molecule has 1 amide bonds. The molecule has 1 N–H and O–H groups in total. The van der Waals surface area contributed by atoms with Crippen molar-refractivity contribution >= 4 is 5.91 Å². The highest BCUT2D eigenvalue weighted by molar-refractivity contribution is 5.79. The Morgan fingerprint density at radius 3 is 2.37 bits per heavy atom. The van der Waals surface area contributed by atoms with E-state index in [0.717, 1.165) is 70.8 Å². The zero-order valence-electron chi connectivity index (χ0n) is 24.4. The van der Waals surface area contributed by atoms with Crippen LogP contribution in [0.3, 0.4) is 0 Å². The average molecular weight is 536 g/mol. The van der Waals surface area contributed by atoms with Gasteiger partial charge in [0.2, 0.25) is 5.91 Å². The Hall–Kier alpha value is -1.55. The summed E-state index contributed by atoms with van der Waals surface area (Å²) in [5.74, 6) is 0.571. The summed E-state index contributed by atoms with van der Waals surface area (Å²) < 4.78 is 27.8. The van der Waals surface area contributed by atoms with E-state index in [4.69, 9.17) is 14.6 Å². The number of nitrogens with one attached hydrogen (secondary N) is 1. The van der Waals surface area contributed by atoms with Gasteiger partial charge in [-0.15, -0.1) is 0 Å². The van der Waals surface area contributed by atoms with Gasteiger partial charge in [-0.1, -0.05) is 0 Å². The zero-order valence-corrected chi connectivity index (χ0v) is 24.4. The van der Waals surface area contributed by atoms with E-state index in [1.165, 1.54) is 11.3 Å². The Labute approximate surface area is 228 Å². The molecule has 8 nitrogen and oxygen atoms in total. The van der Waals surface area contributed by atoms with Crippen molar-refractivity contribution in [3.05, 3.63) is 17.0 Å². The number of ether oxygens (including phenoxy) is 2. The van der Waals surface area contributed by atoms with Crippen LogP contribution >= 0.6 is 0 Å². The predicted octanol–water partition coefficient (Wildman–Crippen LogP) is 3.73. The van der Waals surface area contributed by atoms with Crippen LogP contribution in [0.1, 0.15) is 81.2 Å². The largest absolute Gasteiger partial charge is 0.384 e. The van der Waals surface area contributed by atoms with Gasteiger partial charge < -0.3 is 19.7 Å². The first-order chi connectivity index (χ1) is 18.2. The number of hydrogen-bond acceptors (Lipinski definition) is 6. The molecule has 2 aliphatic carbocycles. The van der Waals surface area contributed by atoms with Crippen LogP contribution in [0, 0.1) is 11.3 Å². The molecule has 1 aromatic rings. The fraction of sp³-hybridized carbons (Fsp3) is 0.862. The molecule has 9 heteroatoms. The number of aromatic nitrogens is 2. The van der Waals surface area contributed by atoms with Gasteiger partial charge in [-0.2, -0.15) is 5.10 Å². The molecule has 0 radical (unpaired) electrons. The van der Waals surface area contributed by atoms with Crippen molar-refractivity contribution in [2.45, 2.75) is 89.5 Å². The fourth-order valence-corrected chi connectivity index (χ4v) is 6.99. The number of fused-ring (bicyclic) bond motifs is 1. The summed E-state index contributed by atoms with van der Waals surface area (Å²) in [7, 11) is 7.69. The Morgan fingerprint density at radius 1 is 1.11 bits per heavy atom. The predicted molar refractivity (Wildman–Crippen MR) is 147 cm³/mol. The number of carbonyl (C=O) groups excluding carboxylic acids is 1. The van der Waals surface area contributed by atoms with Crippen LogP contribution in [0.25, 0.3) is 0 Å². The molecular weight excluding hydrogens is 485 g/mol. The zero-order chi connectivity index (χ0) is 27.3. The third-order valence-electron chi connectivity index (χ3n) is 9.30. The minimum absolute atomic E-state index is 0.0534. The normalized spacial score (nSPS) is 26.1. The standard InChI is InChI=1S/C29H50FN5O3/c1-28(30)10-6-23(7-11-28)27(36)34-16-17-35-25(19-34)26(24(32-35)18-33(3)15-14-31-2)22-8-12-29(13-9-22,20-37-4)21-38-5/h22-23,31H,6-21H2,1-5H3. The first kappa shape index (κ1) is 29.4. The molecule has 4 rings (SSSR count). The van der Waals surface area contributed by atoms with Crippen molar-refractivity contribution < 1.29 is 18.7 Å². The molecule has 2 fully saturated rings. The Bertz CT molecular complexity index is 910. The highest BCUT2D eigenvalue weighted by Crippen LogP contribution is 2.46. The molecule has 0 atom stereocenters. The van der Waals surface area contributed by atoms with Crippen molar-refractivity contribution in [2.24, 2.45) is 11.3 Å². The number of nitrogens with zero attached hydrogens (tertiary/aromatic N) is 4. The third-order valence-corrected chi connectivity index (χ3v) is 9.30. The molecule has 38 heavy (non-hydrogen) atoms. The molecule has 0 aromatic carbocycles. The van der Waals surface area contributed by atoms with Crippen LogP contribution in [0.5, 0.6) is 0 Å². The van der Waals surface area contributed by atoms with E-state index >= 15 is 0 Å². The minimum atomic E-state index is -1.12. The van der Waals surface area contributed by atoms with Crippen molar-refractivity contribution in [2.75, 3.05) is 61.2 Å². The van der Waals surface area contributed by atoms with Crippen molar-refractivity contribution in [1.82, 2.24) is 24.9 Å². The molecule has 2 heterocycles. The summed E-state index contributed by atoms with van der Waals surface area (Å²) in [5.41, 5.74) is 2.69. The molecule has 216 valence electrons. The van der Waals surface area contributed by atoms with Gasteiger partial charge in [0.15, 0.2) is 0 Å². The number of methoxy groups -OCH3 is 2. The Kier molecular flexibility index (Phi) is 9.87. The maximum atomic E-state index is 14.4. The van der Waals surface area contributed by atoms with E-state index in [9.17, 15) is 9.18 Å². The summed E-state index contributed by atoms with van der Waals surface area (Å²) in [4.78, 5) is 17.9. The lowest BCUT2D eigenvalue weighted by molar-refractivity contribution is -0.139. The van der Waals surface area contributed by atoms with Crippen molar-refractivity contribution in [1.29, 1.82) is 0 Å². The van der Waals surface area contributed by atoms with Crippen LogP contribution < -0.4 is 5.32 Å². The molecular formula is C29H50FN5O3. The van der Waals surface area contributed by atoms with Gasteiger partial charge in [0.25, 0.3) is 0 Å². The Balaban J connectivity index is 1.55. The number of halogens is 1. The van der Waals surface area contributed by atoms with Crippen LogP contribution in [0.15, 0.2) is 0 Å². The van der Waals surface area contributed by atoms with Gasteiger partial charge >= 0.3 is 0 Å². The maximum Gasteiger partial charge on any atom is 0.226 e. The monoisotopic (exact) mass is 535 g/mol. The lowest BCUT2D eigenvalue weighted by atomic mass is 9.69. The average Bonchev–Trinajstić information content (AvgIpc) is 3.24. The van der Waals surface area contributed by atoms with Gasteiger partial charge in [0.05, 0.1) is 37.7 Å². The van der Waals surface area contributed by atoms with Crippen LogP contribution in [0.2, 0.25) is 0 Å². The summed E-state index contributed by atoms with van der Waals surface area (Å²) in [6.45, 7) is 7.83. The Morgan fingerprint density at radius 2 is 1.76 bits per heavy atom. The fourth-order valence-electron chi connectivity index (χ4n) is 6.99. The molecule has 0 saturated heterocycles. The second kappa shape index (κ2) is 12.7. The number of hydrogen-bond donors (Lipinski definition) is 1. The van der Waals surface area contributed by atoms with Crippen LogP contribution in [0.4, 0.5) is 4.39 Å². The molecule has 0 unspecified atom stereocenters. The van der Waals surface area contributed by atoms with E-state index in [-0.39, 0.29) is 17.2 Å². The molecule has 3 aliphatic rings. The topological polar surface area (TPSA) is 71.9 Å². The van der Waals surface area contributed by atoms with Crippen LogP contribution in [-0.2, 0) is 33.9 Å². The SMILES string of the molecule is CNCCN(C)Cc1nn2c(c1C1CCC(COC)(COC)CC1)CN(C(=O)C1CCC(C)(F)CC1)CC2. The summed E-state index contributed by atoms with van der Waals surface area (Å²) in [6, 6.07) is 0. The number of alkyl halides is 1. The van der Waals surface area contributed by atoms with Gasteiger partial charge in [-0.25, -0.2) is 4.39 Å². The van der Waals surface area contributed by atoms with E-state index in [2.05, 4.69) is 21.9 Å². The molecule has 2 saturated carbocycles. The first-order valence-corrected chi connectivity index (χ1v) is 14.6. The van der Waals surface area contributed by atoms with Crippen molar-refractivity contribution in [3.8, 4) is 0 Å².